The number of nitrogens with one attached hydrogen (secondary N) is 1. The number of unbranched alkanes of at least 4 members (excludes halogenated alkanes) is 1. The lowest BCUT2D eigenvalue weighted by Gasteiger charge is -2.20. The van der Waals surface area contributed by atoms with E-state index < -0.39 is 24.0 Å². The van der Waals surface area contributed by atoms with E-state index >= 15 is 0 Å². The minimum atomic E-state index is -0.880. The van der Waals surface area contributed by atoms with Crippen molar-refractivity contribution in [2.24, 2.45) is 5.73 Å². The molecule has 7 heteroatoms. The zero-order valence-corrected chi connectivity index (χ0v) is 16.5. The molecule has 2 atom stereocenters. The molecule has 0 fully saturated rings. The Morgan fingerprint density at radius 2 is 1.48 bits per heavy atom. The number of carbonyl (C=O) groups is 2. The number of phenolic OH excluding ortho intramolecular Hbond substituents is 2. The molecule has 0 radical (unpaired) electrons. The summed E-state index contributed by atoms with van der Waals surface area (Å²) in [7, 11) is 0. The summed E-state index contributed by atoms with van der Waals surface area (Å²) in [5, 5.41) is 21.5. The van der Waals surface area contributed by atoms with Gasteiger partial charge in [0.05, 0.1) is 12.6 Å². The Morgan fingerprint density at radius 3 is 2.00 bits per heavy atom. The van der Waals surface area contributed by atoms with Gasteiger partial charge in [-0.1, -0.05) is 37.6 Å². The molecule has 1 amide bonds. The number of nitrogens with two attached hydrogens (primary N) is 1. The smallest absolute Gasteiger partial charge is 0.328 e. The van der Waals surface area contributed by atoms with E-state index in [1.807, 2.05) is 6.92 Å². The Bertz CT molecular complexity index is 790. The quantitative estimate of drug-likeness (QED) is 0.358. The summed E-state index contributed by atoms with van der Waals surface area (Å²) in [5.41, 5.74) is 7.58. The van der Waals surface area contributed by atoms with Gasteiger partial charge in [0.1, 0.15) is 17.5 Å². The van der Waals surface area contributed by atoms with E-state index in [1.54, 1.807) is 24.3 Å². The minimum absolute atomic E-state index is 0.121. The molecule has 2 aromatic rings. The Kier molecular flexibility index (Phi) is 8.48. The number of rotatable bonds is 10. The van der Waals surface area contributed by atoms with E-state index in [9.17, 15) is 19.8 Å². The molecule has 0 aliphatic carbocycles. The second-order valence-corrected chi connectivity index (χ2v) is 6.93. The summed E-state index contributed by atoms with van der Waals surface area (Å²) in [4.78, 5) is 25.1. The fourth-order valence-electron chi connectivity index (χ4n) is 2.74. The van der Waals surface area contributed by atoms with Crippen molar-refractivity contribution in [1.82, 2.24) is 5.32 Å². The molecule has 2 aromatic carbocycles. The zero-order chi connectivity index (χ0) is 21.2. The summed E-state index contributed by atoms with van der Waals surface area (Å²) in [6, 6.07) is 11.1. The van der Waals surface area contributed by atoms with Gasteiger partial charge in [0.15, 0.2) is 0 Å². The van der Waals surface area contributed by atoms with Crippen molar-refractivity contribution in [3.63, 3.8) is 0 Å². The third-order valence-electron chi connectivity index (χ3n) is 4.45. The van der Waals surface area contributed by atoms with Crippen LogP contribution in [0.1, 0.15) is 30.9 Å². The normalized spacial score (nSPS) is 12.8. The molecule has 0 aliphatic rings. The average Bonchev–Trinajstić information content (AvgIpc) is 2.70. The van der Waals surface area contributed by atoms with Crippen molar-refractivity contribution in [1.29, 1.82) is 0 Å². The lowest BCUT2D eigenvalue weighted by molar-refractivity contribution is -0.148. The Morgan fingerprint density at radius 1 is 0.966 bits per heavy atom. The van der Waals surface area contributed by atoms with Crippen molar-refractivity contribution in [2.75, 3.05) is 6.61 Å². The average molecular weight is 400 g/mol. The molecule has 29 heavy (non-hydrogen) atoms. The van der Waals surface area contributed by atoms with Crippen molar-refractivity contribution in [3.05, 3.63) is 59.7 Å². The highest BCUT2D eigenvalue weighted by Crippen LogP contribution is 2.13. The molecule has 0 spiro atoms. The van der Waals surface area contributed by atoms with Gasteiger partial charge in [-0.25, -0.2) is 4.79 Å². The number of hydrogen-bond donors (Lipinski definition) is 4. The van der Waals surface area contributed by atoms with Gasteiger partial charge in [-0.2, -0.15) is 0 Å². The molecule has 0 saturated heterocycles. The maximum absolute atomic E-state index is 12.6. The van der Waals surface area contributed by atoms with Crippen LogP contribution in [0.2, 0.25) is 0 Å². The number of hydrogen-bond acceptors (Lipinski definition) is 6. The van der Waals surface area contributed by atoms with Crippen LogP contribution in [0.5, 0.6) is 11.5 Å². The molecular weight excluding hydrogens is 372 g/mol. The second kappa shape index (κ2) is 11.1. The summed E-state index contributed by atoms with van der Waals surface area (Å²) >= 11 is 0. The number of aromatic hydroxyl groups is 2. The highest BCUT2D eigenvalue weighted by molar-refractivity contribution is 5.87. The van der Waals surface area contributed by atoms with Crippen LogP contribution in [0.4, 0.5) is 0 Å². The SMILES string of the molecule is CCCCOC(=O)[C@H](Cc1ccc(O)cc1)NC(=O)[C@@H](N)Cc1ccc(O)cc1. The number of phenols is 2. The van der Waals surface area contributed by atoms with Gasteiger partial charge in [-0.05, 0) is 48.2 Å². The van der Waals surface area contributed by atoms with Gasteiger partial charge >= 0.3 is 5.97 Å². The van der Waals surface area contributed by atoms with E-state index in [4.69, 9.17) is 10.5 Å². The number of carbonyl (C=O) groups excluding carboxylic acids is 2. The van der Waals surface area contributed by atoms with Crippen LogP contribution in [0.25, 0.3) is 0 Å². The summed E-state index contributed by atoms with van der Waals surface area (Å²) in [5.74, 6) is -0.725. The Labute approximate surface area is 170 Å². The van der Waals surface area contributed by atoms with Crippen molar-refractivity contribution >= 4 is 11.9 Å². The number of benzene rings is 2. The first kappa shape index (κ1) is 22.2. The largest absolute Gasteiger partial charge is 0.508 e. The molecule has 7 nitrogen and oxygen atoms in total. The standard InChI is InChI=1S/C22H28N2O5/c1-2-3-12-29-22(28)20(14-16-6-10-18(26)11-7-16)24-21(27)19(23)13-15-4-8-17(25)9-5-15/h4-11,19-20,25-26H,2-3,12-14,23H2,1H3,(H,24,27)/t19-,20-/m0/s1. The van der Waals surface area contributed by atoms with Gasteiger partial charge in [-0.3, -0.25) is 4.79 Å². The predicted molar refractivity (Wildman–Crippen MR) is 109 cm³/mol. The van der Waals surface area contributed by atoms with E-state index in [2.05, 4.69) is 5.32 Å². The summed E-state index contributed by atoms with van der Waals surface area (Å²) in [6.07, 6.45) is 2.12. The van der Waals surface area contributed by atoms with Gasteiger partial charge in [0, 0.05) is 6.42 Å². The Balaban J connectivity index is 2.03. The fraction of sp³-hybridized carbons (Fsp3) is 0.364. The molecule has 0 aliphatic heterocycles. The van der Waals surface area contributed by atoms with E-state index in [0.717, 1.165) is 24.0 Å². The monoisotopic (exact) mass is 400 g/mol. The summed E-state index contributed by atoms with van der Waals surface area (Å²) in [6.45, 7) is 2.28. The second-order valence-electron chi connectivity index (χ2n) is 6.93. The van der Waals surface area contributed by atoms with Crippen molar-refractivity contribution < 1.29 is 24.5 Å². The molecule has 0 heterocycles. The van der Waals surface area contributed by atoms with E-state index in [0.29, 0.717) is 0 Å². The highest BCUT2D eigenvalue weighted by Gasteiger charge is 2.25. The first-order valence-electron chi connectivity index (χ1n) is 9.67. The van der Waals surface area contributed by atoms with Gasteiger partial charge in [0.25, 0.3) is 0 Å². The number of ether oxygens (including phenoxy) is 1. The lowest BCUT2D eigenvalue weighted by Crippen LogP contribution is -2.50. The van der Waals surface area contributed by atoms with Gasteiger partial charge in [-0.15, -0.1) is 0 Å². The third kappa shape index (κ3) is 7.46. The number of amides is 1. The third-order valence-corrected chi connectivity index (χ3v) is 4.45. The molecule has 156 valence electrons. The van der Waals surface area contributed by atoms with Crippen molar-refractivity contribution in [3.8, 4) is 11.5 Å². The van der Waals surface area contributed by atoms with Gasteiger partial charge in [0.2, 0.25) is 5.91 Å². The van der Waals surface area contributed by atoms with Crippen LogP contribution in [-0.2, 0) is 27.2 Å². The first-order valence-corrected chi connectivity index (χ1v) is 9.67. The maximum atomic E-state index is 12.6. The minimum Gasteiger partial charge on any atom is -0.508 e. The molecule has 0 bridgehead atoms. The topological polar surface area (TPSA) is 122 Å². The lowest BCUT2D eigenvalue weighted by atomic mass is 10.0. The predicted octanol–water partition coefficient (Wildman–Crippen LogP) is 2.04. The molecule has 5 N–H and O–H groups in total. The zero-order valence-electron chi connectivity index (χ0n) is 16.5. The Hall–Kier alpha value is -3.06. The molecule has 0 aromatic heterocycles. The van der Waals surface area contributed by atoms with Crippen molar-refractivity contribution in [2.45, 2.75) is 44.7 Å². The van der Waals surface area contributed by atoms with E-state index in [-0.39, 0.29) is 30.9 Å². The van der Waals surface area contributed by atoms with Crippen LogP contribution >= 0.6 is 0 Å². The van der Waals surface area contributed by atoms with Crippen LogP contribution in [0.3, 0.4) is 0 Å². The molecule has 2 rings (SSSR count). The molecular formula is C22H28N2O5. The number of esters is 1. The van der Waals surface area contributed by atoms with Crippen LogP contribution in [0, 0.1) is 0 Å². The first-order chi connectivity index (χ1) is 13.9. The van der Waals surface area contributed by atoms with Crippen LogP contribution in [-0.4, -0.2) is 40.8 Å². The molecule has 0 unspecified atom stereocenters. The van der Waals surface area contributed by atoms with E-state index in [1.165, 1.54) is 24.3 Å². The van der Waals surface area contributed by atoms with Gasteiger partial charge < -0.3 is 26.0 Å². The van der Waals surface area contributed by atoms with Crippen LogP contribution < -0.4 is 11.1 Å². The fourth-order valence-corrected chi connectivity index (χ4v) is 2.74. The highest BCUT2D eigenvalue weighted by atomic mass is 16.5. The summed E-state index contributed by atoms with van der Waals surface area (Å²) < 4.78 is 5.28. The maximum Gasteiger partial charge on any atom is 0.328 e. The van der Waals surface area contributed by atoms with Crippen LogP contribution in [0.15, 0.2) is 48.5 Å². The molecule has 0 saturated carbocycles.